The number of carbonyl (C=O) groups is 1. The van der Waals surface area contributed by atoms with Crippen LogP contribution in [0, 0.1) is 0 Å². The lowest BCUT2D eigenvalue weighted by atomic mass is 10.3. The zero-order chi connectivity index (χ0) is 9.14. The Morgan fingerprint density at radius 1 is 1.67 bits per heavy atom. The van der Waals surface area contributed by atoms with Crippen LogP contribution in [0.3, 0.4) is 0 Å². The highest BCUT2D eigenvalue weighted by Crippen LogP contribution is 2.16. The normalized spacial score (nSPS) is 9.50. The highest BCUT2D eigenvalue weighted by Gasteiger charge is 2.10. The Bertz CT molecular complexity index is 314. The highest BCUT2D eigenvalue weighted by atomic mass is 79.9. The van der Waals surface area contributed by atoms with Crippen molar-refractivity contribution in [1.29, 1.82) is 0 Å². The van der Waals surface area contributed by atoms with Gasteiger partial charge in [0.05, 0.1) is 12.7 Å². The molecule has 1 rings (SSSR count). The fourth-order valence-corrected chi connectivity index (χ4v) is 1.21. The maximum absolute atomic E-state index is 11.0. The Morgan fingerprint density at radius 3 is 2.83 bits per heavy atom. The van der Waals surface area contributed by atoms with E-state index in [-0.39, 0.29) is 0 Å². The lowest BCUT2D eigenvalue weighted by Gasteiger charge is -2.01. The molecule has 4 nitrogen and oxygen atoms in total. The van der Waals surface area contributed by atoms with Crippen molar-refractivity contribution in [2.45, 2.75) is 0 Å². The molecule has 0 fully saturated rings. The van der Waals surface area contributed by atoms with Gasteiger partial charge in [-0.25, -0.2) is 9.78 Å². The van der Waals surface area contributed by atoms with Gasteiger partial charge in [-0.15, -0.1) is 0 Å². The number of anilines is 1. The summed E-state index contributed by atoms with van der Waals surface area (Å²) in [6.45, 7) is 0. The third kappa shape index (κ3) is 1.73. The number of pyridine rings is 1. The van der Waals surface area contributed by atoms with E-state index in [1.165, 1.54) is 13.2 Å². The largest absolute Gasteiger partial charge is 0.465 e. The number of nitrogen functional groups attached to an aromatic ring is 1. The van der Waals surface area contributed by atoms with Crippen molar-refractivity contribution < 1.29 is 9.53 Å². The fraction of sp³-hybridized carbons (Fsp3) is 0.143. The number of hydrogen-bond donors (Lipinski definition) is 1. The van der Waals surface area contributed by atoms with Crippen molar-refractivity contribution in [2.75, 3.05) is 12.8 Å². The van der Waals surface area contributed by atoms with Gasteiger partial charge in [0, 0.05) is 0 Å². The Hall–Kier alpha value is -1.10. The molecule has 0 amide bonds. The zero-order valence-corrected chi connectivity index (χ0v) is 7.96. The molecule has 5 heteroatoms. The molecule has 0 unspecified atom stereocenters. The average molecular weight is 231 g/mol. The first-order valence-corrected chi connectivity index (χ1v) is 3.95. The Labute approximate surface area is 77.9 Å². The van der Waals surface area contributed by atoms with E-state index in [0.29, 0.717) is 16.0 Å². The van der Waals surface area contributed by atoms with Crippen LogP contribution in [-0.2, 0) is 4.74 Å². The zero-order valence-electron chi connectivity index (χ0n) is 6.37. The minimum absolute atomic E-state index is 0.356. The number of hydrogen-bond acceptors (Lipinski definition) is 4. The van der Waals surface area contributed by atoms with E-state index in [0.717, 1.165) is 0 Å². The quantitative estimate of drug-likeness (QED) is 0.582. The highest BCUT2D eigenvalue weighted by molar-refractivity contribution is 9.10. The van der Waals surface area contributed by atoms with Crippen LogP contribution in [0.2, 0.25) is 0 Å². The summed E-state index contributed by atoms with van der Waals surface area (Å²) >= 11 is 3.10. The lowest BCUT2D eigenvalue weighted by molar-refractivity contribution is 0.0599. The molecule has 0 radical (unpaired) electrons. The second-order valence-corrected chi connectivity index (χ2v) is 2.82. The van der Waals surface area contributed by atoms with E-state index in [9.17, 15) is 4.79 Å². The molecule has 0 saturated carbocycles. The van der Waals surface area contributed by atoms with Crippen molar-refractivity contribution in [3.05, 3.63) is 22.3 Å². The number of rotatable bonds is 1. The Morgan fingerprint density at radius 2 is 2.33 bits per heavy atom. The summed E-state index contributed by atoms with van der Waals surface area (Å²) < 4.78 is 4.90. The van der Waals surface area contributed by atoms with Gasteiger partial charge in [-0.1, -0.05) is 0 Å². The number of aromatic nitrogens is 1. The van der Waals surface area contributed by atoms with Gasteiger partial charge in [0.1, 0.15) is 10.4 Å². The molecule has 12 heavy (non-hydrogen) atoms. The van der Waals surface area contributed by atoms with Gasteiger partial charge in [-0.05, 0) is 28.1 Å². The SMILES string of the molecule is COC(=O)c1ccc(N)nc1Br. The fourth-order valence-electron chi connectivity index (χ4n) is 0.711. The molecule has 0 aliphatic rings. The number of esters is 1. The lowest BCUT2D eigenvalue weighted by Crippen LogP contribution is -2.04. The van der Waals surface area contributed by atoms with Crippen LogP contribution in [-0.4, -0.2) is 18.1 Å². The third-order valence-electron chi connectivity index (χ3n) is 1.28. The molecule has 0 atom stereocenters. The number of carbonyl (C=O) groups excluding carboxylic acids is 1. The first-order valence-electron chi connectivity index (χ1n) is 3.15. The van der Waals surface area contributed by atoms with E-state index in [2.05, 4.69) is 25.7 Å². The molecule has 64 valence electrons. The van der Waals surface area contributed by atoms with Crippen LogP contribution >= 0.6 is 15.9 Å². The van der Waals surface area contributed by atoms with Gasteiger partial charge in [0.25, 0.3) is 0 Å². The molecule has 1 aromatic heterocycles. The van der Waals surface area contributed by atoms with Crippen LogP contribution in [0.5, 0.6) is 0 Å². The second kappa shape index (κ2) is 3.53. The first-order chi connectivity index (χ1) is 5.65. The molecule has 0 bridgehead atoms. The predicted octanol–water partition coefficient (Wildman–Crippen LogP) is 1.21. The molecular formula is C7H7BrN2O2. The minimum atomic E-state index is -0.436. The van der Waals surface area contributed by atoms with Crippen LogP contribution in [0.25, 0.3) is 0 Å². The topological polar surface area (TPSA) is 65.2 Å². The molecule has 0 aromatic carbocycles. The van der Waals surface area contributed by atoms with Crippen LogP contribution in [0.1, 0.15) is 10.4 Å². The average Bonchev–Trinajstić information content (AvgIpc) is 2.03. The van der Waals surface area contributed by atoms with Gasteiger partial charge >= 0.3 is 5.97 Å². The summed E-state index contributed by atoms with van der Waals surface area (Å²) in [6, 6.07) is 3.09. The summed E-state index contributed by atoms with van der Waals surface area (Å²) in [4.78, 5) is 14.8. The van der Waals surface area contributed by atoms with E-state index in [4.69, 9.17) is 5.73 Å². The summed E-state index contributed by atoms with van der Waals surface area (Å²) in [5, 5.41) is 0. The smallest absolute Gasteiger partial charge is 0.340 e. The van der Waals surface area contributed by atoms with Crippen molar-refractivity contribution in [3.8, 4) is 0 Å². The summed E-state index contributed by atoms with van der Waals surface area (Å²) in [6.07, 6.45) is 0. The molecule has 2 N–H and O–H groups in total. The maximum atomic E-state index is 11.0. The van der Waals surface area contributed by atoms with Crippen molar-refractivity contribution >= 4 is 27.7 Å². The summed E-state index contributed by atoms with van der Waals surface area (Å²) in [5.41, 5.74) is 5.74. The minimum Gasteiger partial charge on any atom is -0.465 e. The molecule has 0 saturated heterocycles. The van der Waals surface area contributed by atoms with E-state index >= 15 is 0 Å². The van der Waals surface area contributed by atoms with Crippen molar-refractivity contribution in [2.24, 2.45) is 0 Å². The van der Waals surface area contributed by atoms with Crippen LogP contribution < -0.4 is 5.73 Å². The van der Waals surface area contributed by atoms with Gasteiger partial charge in [0.15, 0.2) is 0 Å². The van der Waals surface area contributed by atoms with Crippen molar-refractivity contribution in [1.82, 2.24) is 4.98 Å². The van der Waals surface area contributed by atoms with E-state index in [1.807, 2.05) is 0 Å². The number of nitrogens with zero attached hydrogens (tertiary/aromatic N) is 1. The number of nitrogens with two attached hydrogens (primary N) is 1. The monoisotopic (exact) mass is 230 g/mol. The van der Waals surface area contributed by atoms with E-state index in [1.54, 1.807) is 6.07 Å². The molecule has 1 heterocycles. The molecule has 0 spiro atoms. The van der Waals surface area contributed by atoms with Gasteiger partial charge in [-0.2, -0.15) is 0 Å². The first kappa shape index (κ1) is 8.99. The number of halogens is 1. The molecule has 0 aliphatic heterocycles. The van der Waals surface area contributed by atoms with E-state index < -0.39 is 5.97 Å². The standard InChI is InChI=1S/C7H7BrN2O2/c1-12-7(11)4-2-3-5(9)10-6(4)8/h2-3H,1H3,(H2,9,10). The molecular weight excluding hydrogens is 224 g/mol. The number of methoxy groups -OCH3 is 1. The van der Waals surface area contributed by atoms with Crippen LogP contribution in [0.15, 0.2) is 16.7 Å². The van der Waals surface area contributed by atoms with Crippen molar-refractivity contribution in [3.63, 3.8) is 0 Å². The van der Waals surface area contributed by atoms with Gasteiger partial charge in [0.2, 0.25) is 0 Å². The molecule has 0 aliphatic carbocycles. The van der Waals surface area contributed by atoms with Crippen LogP contribution in [0.4, 0.5) is 5.82 Å². The predicted molar refractivity (Wildman–Crippen MR) is 47.7 cm³/mol. The Kier molecular flexibility index (Phi) is 2.65. The van der Waals surface area contributed by atoms with Gasteiger partial charge < -0.3 is 10.5 Å². The number of ether oxygens (including phenoxy) is 1. The summed E-state index contributed by atoms with van der Waals surface area (Å²) in [7, 11) is 1.31. The second-order valence-electron chi connectivity index (χ2n) is 2.07. The maximum Gasteiger partial charge on any atom is 0.340 e. The Balaban J connectivity index is 3.09. The summed E-state index contributed by atoms with van der Waals surface area (Å²) in [5.74, 6) is -0.0797. The van der Waals surface area contributed by atoms with Gasteiger partial charge in [-0.3, -0.25) is 0 Å². The molecule has 1 aromatic rings. The third-order valence-corrected chi connectivity index (χ3v) is 1.88.